The molecule has 6 nitrogen and oxygen atoms in total. The molecule has 2 N–H and O–H groups in total. The van der Waals surface area contributed by atoms with Crippen molar-refractivity contribution in [2.45, 2.75) is 31.8 Å². The van der Waals surface area contributed by atoms with Crippen LogP contribution in [0.4, 0.5) is 0 Å². The van der Waals surface area contributed by atoms with E-state index in [2.05, 4.69) is 42.6 Å². The van der Waals surface area contributed by atoms with E-state index >= 15 is 0 Å². The van der Waals surface area contributed by atoms with Crippen LogP contribution >= 0.6 is 0 Å². The van der Waals surface area contributed by atoms with Crippen molar-refractivity contribution in [2.24, 2.45) is 4.99 Å². The van der Waals surface area contributed by atoms with Gasteiger partial charge in [0.05, 0.1) is 26.8 Å². The second-order valence-electron chi connectivity index (χ2n) is 6.23. The molecule has 0 aliphatic heterocycles. The standard InChI is InChI=1S/C18H30N4O2/c1-6-19-18(21-14-8-9-14)20-12-15(22(2)3)13-7-10-16(23-4)17(11-13)24-5/h7,10-11,14-15H,6,8-9,12H2,1-5H3,(H2,19,20,21). The first-order valence-corrected chi connectivity index (χ1v) is 8.52. The van der Waals surface area contributed by atoms with Crippen LogP contribution in [0, 0.1) is 0 Å². The highest BCUT2D eigenvalue weighted by Gasteiger charge is 2.22. The van der Waals surface area contributed by atoms with E-state index in [9.17, 15) is 0 Å². The lowest BCUT2D eigenvalue weighted by Crippen LogP contribution is -2.39. The average molecular weight is 334 g/mol. The van der Waals surface area contributed by atoms with Crippen LogP contribution in [0.2, 0.25) is 0 Å². The lowest BCUT2D eigenvalue weighted by atomic mass is 10.1. The predicted molar refractivity (Wildman–Crippen MR) is 98.1 cm³/mol. The largest absolute Gasteiger partial charge is 0.493 e. The van der Waals surface area contributed by atoms with E-state index < -0.39 is 0 Å². The molecular weight excluding hydrogens is 304 g/mol. The summed E-state index contributed by atoms with van der Waals surface area (Å²) in [6.45, 7) is 3.62. The van der Waals surface area contributed by atoms with E-state index in [0.29, 0.717) is 12.6 Å². The number of likely N-dealkylation sites (N-methyl/N-ethyl adjacent to an activating group) is 1. The molecule has 1 atom stereocenters. The van der Waals surface area contributed by atoms with Gasteiger partial charge in [0.2, 0.25) is 0 Å². The molecular formula is C18H30N4O2. The van der Waals surface area contributed by atoms with Gasteiger partial charge in [0.25, 0.3) is 0 Å². The summed E-state index contributed by atoms with van der Waals surface area (Å²) in [5, 5.41) is 6.77. The summed E-state index contributed by atoms with van der Waals surface area (Å²) < 4.78 is 10.8. The Hall–Kier alpha value is -1.95. The molecule has 6 heteroatoms. The molecule has 1 aliphatic carbocycles. The Morgan fingerprint density at radius 3 is 2.50 bits per heavy atom. The van der Waals surface area contributed by atoms with Gasteiger partial charge in [-0.05, 0) is 51.6 Å². The predicted octanol–water partition coefficient (Wildman–Crippen LogP) is 2.02. The number of methoxy groups -OCH3 is 2. The van der Waals surface area contributed by atoms with Crippen LogP contribution in [0.15, 0.2) is 23.2 Å². The molecule has 0 radical (unpaired) electrons. The van der Waals surface area contributed by atoms with Gasteiger partial charge in [0.1, 0.15) is 0 Å². The maximum absolute atomic E-state index is 5.43. The van der Waals surface area contributed by atoms with E-state index in [1.165, 1.54) is 12.8 Å². The zero-order chi connectivity index (χ0) is 17.5. The zero-order valence-corrected chi connectivity index (χ0v) is 15.4. The number of ether oxygens (including phenoxy) is 2. The number of hydrogen-bond acceptors (Lipinski definition) is 4. The molecule has 1 fully saturated rings. The van der Waals surface area contributed by atoms with Gasteiger partial charge in [0.15, 0.2) is 17.5 Å². The minimum atomic E-state index is 0.166. The molecule has 0 bridgehead atoms. The van der Waals surface area contributed by atoms with Crippen LogP contribution in [0.5, 0.6) is 11.5 Å². The van der Waals surface area contributed by atoms with E-state index in [4.69, 9.17) is 14.5 Å². The number of hydrogen-bond donors (Lipinski definition) is 2. The van der Waals surface area contributed by atoms with Gasteiger partial charge in [-0.25, -0.2) is 0 Å². The topological polar surface area (TPSA) is 58.1 Å². The second-order valence-corrected chi connectivity index (χ2v) is 6.23. The van der Waals surface area contributed by atoms with Crippen LogP contribution in [-0.2, 0) is 0 Å². The van der Waals surface area contributed by atoms with Crippen molar-refractivity contribution in [1.82, 2.24) is 15.5 Å². The van der Waals surface area contributed by atoms with Gasteiger partial charge in [-0.3, -0.25) is 4.99 Å². The SMILES string of the molecule is CCNC(=NCC(c1ccc(OC)c(OC)c1)N(C)C)NC1CC1. The number of nitrogens with one attached hydrogen (secondary N) is 2. The molecule has 1 aromatic rings. The Morgan fingerprint density at radius 1 is 1.25 bits per heavy atom. The van der Waals surface area contributed by atoms with Crippen LogP contribution in [0.1, 0.15) is 31.4 Å². The summed E-state index contributed by atoms with van der Waals surface area (Å²) in [5.74, 6) is 2.38. The normalized spacial score (nSPS) is 16.0. The highest BCUT2D eigenvalue weighted by atomic mass is 16.5. The van der Waals surface area contributed by atoms with Crippen molar-refractivity contribution in [3.05, 3.63) is 23.8 Å². The highest BCUT2D eigenvalue weighted by Crippen LogP contribution is 2.31. The maximum atomic E-state index is 5.43. The molecule has 0 saturated heterocycles. The van der Waals surface area contributed by atoms with Crippen molar-refractivity contribution in [1.29, 1.82) is 0 Å². The van der Waals surface area contributed by atoms with Gasteiger partial charge < -0.3 is 25.0 Å². The Morgan fingerprint density at radius 2 is 1.96 bits per heavy atom. The molecule has 1 saturated carbocycles. The Kier molecular flexibility index (Phi) is 6.73. The van der Waals surface area contributed by atoms with Crippen LogP contribution < -0.4 is 20.1 Å². The molecule has 2 rings (SSSR count). The molecule has 24 heavy (non-hydrogen) atoms. The molecule has 1 aliphatic rings. The van der Waals surface area contributed by atoms with Crippen molar-refractivity contribution in [3.63, 3.8) is 0 Å². The molecule has 0 heterocycles. The van der Waals surface area contributed by atoms with E-state index in [-0.39, 0.29) is 6.04 Å². The minimum Gasteiger partial charge on any atom is -0.493 e. The lowest BCUT2D eigenvalue weighted by Gasteiger charge is -2.24. The van der Waals surface area contributed by atoms with Crippen LogP contribution in [0.25, 0.3) is 0 Å². The molecule has 0 amide bonds. The third-order valence-corrected chi connectivity index (χ3v) is 4.10. The fourth-order valence-corrected chi connectivity index (χ4v) is 2.55. The van der Waals surface area contributed by atoms with Gasteiger partial charge in [0, 0.05) is 12.6 Å². The van der Waals surface area contributed by atoms with Gasteiger partial charge in [-0.15, -0.1) is 0 Å². The first-order valence-electron chi connectivity index (χ1n) is 8.52. The van der Waals surface area contributed by atoms with E-state index in [1.807, 2.05) is 12.1 Å². The van der Waals surface area contributed by atoms with E-state index in [0.717, 1.165) is 29.6 Å². The van der Waals surface area contributed by atoms with Gasteiger partial charge in [-0.1, -0.05) is 6.07 Å². The summed E-state index contributed by atoms with van der Waals surface area (Å²) in [4.78, 5) is 6.94. The van der Waals surface area contributed by atoms with Crippen LogP contribution in [-0.4, -0.2) is 58.3 Å². The summed E-state index contributed by atoms with van der Waals surface area (Å²) in [6.07, 6.45) is 2.47. The summed E-state index contributed by atoms with van der Waals surface area (Å²) in [7, 11) is 7.45. The maximum Gasteiger partial charge on any atom is 0.191 e. The fourth-order valence-electron chi connectivity index (χ4n) is 2.55. The van der Waals surface area contributed by atoms with Crippen molar-refractivity contribution < 1.29 is 9.47 Å². The molecule has 0 spiro atoms. The Balaban J connectivity index is 2.15. The third-order valence-electron chi connectivity index (χ3n) is 4.10. The number of guanidine groups is 1. The molecule has 1 unspecified atom stereocenters. The first kappa shape index (κ1) is 18.4. The summed E-state index contributed by atoms with van der Waals surface area (Å²) in [6, 6.07) is 6.80. The molecule has 1 aromatic carbocycles. The Bertz CT molecular complexity index is 556. The number of benzene rings is 1. The van der Waals surface area contributed by atoms with Crippen molar-refractivity contribution in [2.75, 3.05) is 41.4 Å². The monoisotopic (exact) mass is 334 g/mol. The van der Waals surface area contributed by atoms with Crippen molar-refractivity contribution in [3.8, 4) is 11.5 Å². The van der Waals surface area contributed by atoms with Gasteiger partial charge in [-0.2, -0.15) is 0 Å². The smallest absolute Gasteiger partial charge is 0.191 e. The zero-order valence-electron chi connectivity index (χ0n) is 15.4. The van der Waals surface area contributed by atoms with Gasteiger partial charge >= 0.3 is 0 Å². The second kappa shape index (κ2) is 8.78. The molecule has 0 aromatic heterocycles. The van der Waals surface area contributed by atoms with Crippen LogP contribution in [0.3, 0.4) is 0 Å². The number of nitrogens with zero attached hydrogens (tertiary/aromatic N) is 2. The minimum absolute atomic E-state index is 0.166. The number of rotatable bonds is 8. The van der Waals surface area contributed by atoms with E-state index in [1.54, 1.807) is 14.2 Å². The molecule has 134 valence electrons. The fraction of sp³-hybridized carbons (Fsp3) is 0.611. The lowest BCUT2D eigenvalue weighted by molar-refractivity contribution is 0.303. The number of aliphatic imine (C=N–C) groups is 1. The quantitative estimate of drug-likeness (QED) is 0.563. The highest BCUT2D eigenvalue weighted by molar-refractivity contribution is 5.80. The Labute approximate surface area is 145 Å². The first-order chi connectivity index (χ1) is 11.6. The summed E-state index contributed by atoms with van der Waals surface area (Å²) in [5.41, 5.74) is 1.16. The average Bonchev–Trinajstić information content (AvgIpc) is 3.38. The third kappa shape index (κ3) is 5.03. The van der Waals surface area contributed by atoms with Crippen molar-refractivity contribution >= 4 is 5.96 Å². The summed E-state index contributed by atoms with van der Waals surface area (Å²) >= 11 is 0.